The molecule has 0 spiro atoms. The number of hydrogen-bond donors (Lipinski definition) is 2. The lowest BCUT2D eigenvalue weighted by molar-refractivity contribution is -0.688. The molecular formula is C49H37Cl2N8Si+. The van der Waals surface area contributed by atoms with Crippen LogP contribution < -0.4 is 9.75 Å². The fourth-order valence-electron chi connectivity index (χ4n) is 7.97. The lowest BCUT2D eigenvalue weighted by Gasteiger charge is -2.14. The quantitative estimate of drug-likeness (QED) is 0.0902. The Morgan fingerprint density at radius 1 is 0.467 bits per heavy atom. The number of hydrogen-bond acceptors (Lipinski definition) is 5. The number of H-pyrrole nitrogens is 2. The Bertz CT molecular complexity index is 3070. The van der Waals surface area contributed by atoms with E-state index in [4.69, 9.17) is 32.1 Å². The van der Waals surface area contributed by atoms with Crippen LogP contribution in [0.25, 0.3) is 90.9 Å². The van der Waals surface area contributed by atoms with E-state index < -0.39 is 6.69 Å². The van der Waals surface area contributed by atoms with Gasteiger partial charge in [-0.15, -0.1) is 22.2 Å². The van der Waals surface area contributed by atoms with E-state index in [1.165, 1.54) is 5.56 Å². The van der Waals surface area contributed by atoms with Crippen LogP contribution >= 0.6 is 22.2 Å². The highest BCUT2D eigenvalue weighted by Gasteiger charge is 2.28. The molecule has 10 rings (SSSR count). The van der Waals surface area contributed by atoms with E-state index in [1.807, 2.05) is 80.5 Å². The van der Waals surface area contributed by atoms with Gasteiger partial charge in [-0.1, -0.05) is 31.2 Å². The molecule has 2 aliphatic rings. The summed E-state index contributed by atoms with van der Waals surface area (Å²) < 4.78 is 2.17. The molecule has 0 saturated carbocycles. The van der Waals surface area contributed by atoms with E-state index in [0.29, 0.717) is 6.54 Å². The summed E-state index contributed by atoms with van der Waals surface area (Å²) in [5, 5.41) is 1.04. The number of aromatic nitrogens is 8. The molecule has 11 heteroatoms. The zero-order valence-electron chi connectivity index (χ0n) is 32.5. The first-order valence-electron chi connectivity index (χ1n) is 19.8. The number of fused-ring (bicyclic) bond motifs is 8. The van der Waals surface area contributed by atoms with E-state index in [2.05, 4.69) is 127 Å². The molecule has 0 amide bonds. The van der Waals surface area contributed by atoms with Crippen molar-refractivity contribution in [3.8, 4) is 44.5 Å². The summed E-state index contributed by atoms with van der Waals surface area (Å²) in [5.74, 6) is 0. The van der Waals surface area contributed by atoms with Gasteiger partial charge in [0.05, 0.1) is 22.8 Å². The topological polar surface area (TPSA) is 99.9 Å². The normalized spacial score (nSPS) is 12.2. The Kier molecular flexibility index (Phi) is 9.85. The van der Waals surface area contributed by atoms with Crippen LogP contribution in [0, 0.1) is 0 Å². The molecule has 0 aliphatic carbocycles. The van der Waals surface area contributed by atoms with Gasteiger partial charge in [0.2, 0.25) is 0 Å². The van der Waals surface area contributed by atoms with E-state index in [0.717, 1.165) is 101 Å². The van der Waals surface area contributed by atoms with Gasteiger partial charge >= 0.3 is 0 Å². The van der Waals surface area contributed by atoms with Crippen LogP contribution in [0.1, 0.15) is 35.3 Å². The largest absolute Gasteiger partial charge is 0.354 e. The van der Waals surface area contributed by atoms with Crippen molar-refractivity contribution in [3.63, 3.8) is 0 Å². The minimum Gasteiger partial charge on any atom is -0.354 e. The first-order chi connectivity index (χ1) is 29.4. The van der Waals surface area contributed by atoms with Gasteiger partial charge < -0.3 is 9.97 Å². The van der Waals surface area contributed by atoms with Crippen LogP contribution in [0.5, 0.6) is 0 Å². The zero-order valence-corrected chi connectivity index (χ0v) is 35.0. The Hall–Kier alpha value is -6.78. The molecule has 2 aliphatic heterocycles. The lowest BCUT2D eigenvalue weighted by atomic mass is 10.0. The van der Waals surface area contributed by atoms with Crippen molar-refractivity contribution in [1.29, 1.82) is 0 Å². The standard InChI is InChI=1S/C49H36Cl2N8Si/c1-2-60(50,51)37-5-3-32(4-6-37)31-59-29-21-36(22-30-59)49-44-13-11-42(57-44)47(34-17-25-53-26-18-34)40-9-7-38(55-40)46(33-15-23-52-24-16-33)39-8-10-41(56-39)48(35-19-27-54-28-20-35)43-12-14-45(49)58-43/h3-30H,2,31H2,1H3,(H,55,56,57,58)/p+1. The number of nitrogens with zero attached hydrogens (tertiary/aromatic N) is 6. The zero-order chi connectivity index (χ0) is 40.6. The highest BCUT2D eigenvalue weighted by Crippen LogP contribution is 2.38. The van der Waals surface area contributed by atoms with Gasteiger partial charge in [-0.2, -0.15) is 0 Å². The molecule has 0 atom stereocenters. The van der Waals surface area contributed by atoms with Gasteiger partial charge in [-0.05, 0) is 118 Å². The van der Waals surface area contributed by atoms with Crippen molar-refractivity contribution in [2.24, 2.45) is 0 Å². The Morgan fingerprint density at radius 2 is 0.817 bits per heavy atom. The Labute approximate surface area is 357 Å². The maximum atomic E-state index is 6.67. The predicted octanol–water partition coefficient (Wildman–Crippen LogP) is 11.0. The highest BCUT2D eigenvalue weighted by atomic mass is 35.7. The van der Waals surface area contributed by atoms with E-state index in [-0.39, 0.29) is 0 Å². The highest BCUT2D eigenvalue weighted by molar-refractivity contribution is 7.50. The third-order valence-electron chi connectivity index (χ3n) is 11.0. The number of rotatable bonds is 8. The summed E-state index contributed by atoms with van der Waals surface area (Å²) in [6, 6.07) is 34.1. The number of pyridine rings is 4. The number of benzene rings is 1. The fraction of sp³-hybridized carbons (Fsp3) is 0.0612. The average Bonchev–Trinajstić information content (AvgIpc) is 4.14. The maximum Gasteiger partial charge on any atom is 0.280 e. The number of halogens is 2. The van der Waals surface area contributed by atoms with Crippen LogP contribution in [0.2, 0.25) is 6.04 Å². The third kappa shape index (κ3) is 7.17. The first-order valence-corrected chi connectivity index (χ1v) is 24.0. The minimum absolute atomic E-state index is 0.703. The third-order valence-corrected chi connectivity index (χ3v) is 16.0. The van der Waals surface area contributed by atoms with Gasteiger partial charge in [0.15, 0.2) is 18.9 Å². The van der Waals surface area contributed by atoms with Crippen molar-refractivity contribution in [2.75, 3.05) is 0 Å². The predicted molar refractivity (Wildman–Crippen MR) is 247 cm³/mol. The van der Waals surface area contributed by atoms with Crippen LogP contribution in [0.4, 0.5) is 0 Å². The van der Waals surface area contributed by atoms with Crippen molar-refractivity contribution in [2.45, 2.75) is 19.5 Å². The molecule has 0 unspecified atom stereocenters. The molecular weight excluding hydrogens is 800 g/mol. The van der Waals surface area contributed by atoms with Crippen molar-refractivity contribution < 1.29 is 4.57 Å². The Morgan fingerprint density at radius 3 is 1.17 bits per heavy atom. The molecule has 8 bridgehead atoms. The average molecular weight is 837 g/mol. The SMILES string of the molecule is CC[Si](Cl)(Cl)c1ccc(C[n+]2ccc(-c3c4nc(c(-c5ccncc5)c5ccc([nH]5)c(-c5ccncc5)c5nc(c(-c6ccncc6)c6ccc3[nH]6)C=C5)C=C4)cc2)cc1. The van der Waals surface area contributed by atoms with Crippen LogP contribution in [-0.2, 0) is 6.54 Å². The summed E-state index contributed by atoms with van der Waals surface area (Å²) in [7, 11) is 0. The molecule has 8 aromatic rings. The molecule has 290 valence electrons. The summed E-state index contributed by atoms with van der Waals surface area (Å²) in [6.45, 7) is 0.306. The van der Waals surface area contributed by atoms with Gasteiger partial charge in [0, 0.05) is 99.2 Å². The van der Waals surface area contributed by atoms with E-state index in [1.54, 1.807) is 0 Å². The molecule has 0 radical (unpaired) electrons. The van der Waals surface area contributed by atoms with Gasteiger partial charge in [0.1, 0.15) is 0 Å². The smallest absolute Gasteiger partial charge is 0.280 e. The van der Waals surface area contributed by atoms with Gasteiger partial charge in [-0.25, -0.2) is 14.5 Å². The molecule has 1 aromatic carbocycles. The summed E-state index contributed by atoms with van der Waals surface area (Å²) >= 11 is 13.3. The molecule has 2 N–H and O–H groups in total. The van der Waals surface area contributed by atoms with Crippen LogP contribution in [0.3, 0.4) is 0 Å². The molecule has 0 fully saturated rings. The first kappa shape index (κ1) is 37.5. The van der Waals surface area contributed by atoms with Gasteiger partial charge in [-0.3, -0.25) is 15.0 Å². The Balaban J connectivity index is 1.22. The van der Waals surface area contributed by atoms with Crippen LogP contribution in [0.15, 0.2) is 147 Å². The fourth-order valence-corrected chi connectivity index (χ4v) is 9.79. The van der Waals surface area contributed by atoms with Crippen LogP contribution in [-0.4, -0.2) is 41.6 Å². The lowest BCUT2D eigenvalue weighted by Crippen LogP contribution is -2.36. The van der Waals surface area contributed by atoms with Crippen molar-refractivity contribution in [1.82, 2.24) is 34.9 Å². The van der Waals surface area contributed by atoms with Crippen molar-refractivity contribution >= 4 is 80.4 Å². The number of nitrogens with one attached hydrogen (secondary N) is 2. The second kappa shape index (κ2) is 15.8. The summed E-state index contributed by atoms with van der Waals surface area (Å²) in [6.07, 6.45) is 23.5. The summed E-state index contributed by atoms with van der Waals surface area (Å²) in [4.78, 5) is 31.3. The molecule has 60 heavy (non-hydrogen) atoms. The second-order valence-corrected chi connectivity index (χ2v) is 21.9. The van der Waals surface area contributed by atoms with E-state index in [9.17, 15) is 0 Å². The maximum absolute atomic E-state index is 6.67. The van der Waals surface area contributed by atoms with Crippen molar-refractivity contribution in [3.05, 3.63) is 175 Å². The monoisotopic (exact) mass is 835 g/mol. The summed E-state index contributed by atoms with van der Waals surface area (Å²) in [5.41, 5.74) is 16.1. The second-order valence-electron chi connectivity index (χ2n) is 14.7. The molecule has 9 heterocycles. The minimum atomic E-state index is -2.44. The van der Waals surface area contributed by atoms with Gasteiger partial charge in [0.25, 0.3) is 6.69 Å². The number of aromatic amines is 2. The molecule has 0 saturated heterocycles. The van der Waals surface area contributed by atoms with E-state index >= 15 is 0 Å². The molecule has 8 nitrogen and oxygen atoms in total. The molecule has 7 aromatic heterocycles.